The van der Waals surface area contributed by atoms with Gasteiger partial charge in [0.1, 0.15) is 11.8 Å². The van der Waals surface area contributed by atoms with Crippen molar-refractivity contribution >= 4 is 17.7 Å². The van der Waals surface area contributed by atoms with Crippen molar-refractivity contribution in [1.29, 1.82) is 5.26 Å². The predicted molar refractivity (Wildman–Crippen MR) is 70.7 cm³/mol. The first-order valence-electron chi connectivity index (χ1n) is 5.46. The van der Waals surface area contributed by atoms with Crippen LogP contribution in [-0.4, -0.2) is 23.9 Å². The third-order valence-corrected chi connectivity index (χ3v) is 3.72. The largest absolute Gasteiger partial charge is 0.495 e. The van der Waals surface area contributed by atoms with Crippen LogP contribution in [0.3, 0.4) is 0 Å². The lowest BCUT2D eigenvalue weighted by Gasteiger charge is -2.08. The normalized spacial score (nSPS) is 11.6. The molecule has 1 aromatic carbocycles. The van der Waals surface area contributed by atoms with Gasteiger partial charge in [0.2, 0.25) is 0 Å². The van der Waals surface area contributed by atoms with Crippen LogP contribution >= 0.6 is 11.8 Å². The number of rotatable bonds is 6. The number of thioether (sulfide) groups is 1. The maximum absolute atomic E-state index is 10.7. The number of nitrogens with zero attached hydrogens (tertiary/aromatic N) is 1. The van der Waals surface area contributed by atoms with Crippen molar-refractivity contribution in [3.8, 4) is 11.8 Å². The SMILES string of the molecule is COc1cc(CSCC(C)C(=O)O)ccc1C#N. The number of hydrogen-bond acceptors (Lipinski definition) is 4. The molecule has 0 bridgehead atoms. The van der Waals surface area contributed by atoms with Crippen LogP contribution in [0.4, 0.5) is 0 Å². The van der Waals surface area contributed by atoms with Crippen LogP contribution in [0.15, 0.2) is 18.2 Å². The predicted octanol–water partition coefficient (Wildman–Crippen LogP) is 2.52. The minimum Gasteiger partial charge on any atom is -0.495 e. The fourth-order valence-corrected chi connectivity index (χ4v) is 2.37. The molecule has 0 aromatic heterocycles. The summed E-state index contributed by atoms with van der Waals surface area (Å²) < 4.78 is 5.12. The minimum atomic E-state index is -0.778. The van der Waals surface area contributed by atoms with Gasteiger partial charge in [-0.3, -0.25) is 4.79 Å². The molecule has 0 saturated heterocycles. The van der Waals surface area contributed by atoms with E-state index >= 15 is 0 Å². The number of carboxylic acids is 1. The van der Waals surface area contributed by atoms with Crippen molar-refractivity contribution in [1.82, 2.24) is 0 Å². The molecule has 1 rings (SSSR count). The standard InChI is InChI=1S/C13H15NO3S/c1-9(13(15)16)7-18-8-10-3-4-11(6-14)12(5-10)17-2/h3-5,9H,7-8H2,1-2H3,(H,15,16). The summed E-state index contributed by atoms with van der Waals surface area (Å²) in [5.41, 5.74) is 1.53. The first-order chi connectivity index (χ1) is 8.58. The van der Waals surface area contributed by atoms with Gasteiger partial charge >= 0.3 is 5.97 Å². The monoisotopic (exact) mass is 265 g/mol. The van der Waals surface area contributed by atoms with Gasteiger partial charge in [-0.15, -0.1) is 0 Å². The lowest BCUT2D eigenvalue weighted by molar-refractivity contribution is -0.140. The summed E-state index contributed by atoms with van der Waals surface area (Å²) in [6, 6.07) is 7.45. The average Bonchev–Trinajstić information content (AvgIpc) is 2.38. The van der Waals surface area contributed by atoms with Gasteiger partial charge in [0.15, 0.2) is 0 Å². The highest BCUT2D eigenvalue weighted by Gasteiger charge is 2.11. The van der Waals surface area contributed by atoms with Crippen LogP contribution in [0, 0.1) is 17.2 Å². The van der Waals surface area contributed by atoms with E-state index in [4.69, 9.17) is 15.1 Å². The number of benzene rings is 1. The molecule has 0 aliphatic carbocycles. The first kappa shape index (κ1) is 14.4. The Labute approximate surface area is 111 Å². The highest BCUT2D eigenvalue weighted by molar-refractivity contribution is 7.98. The second-order valence-electron chi connectivity index (χ2n) is 3.90. The zero-order valence-corrected chi connectivity index (χ0v) is 11.2. The highest BCUT2D eigenvalue weighted by Crippen LogP contribution is 2.23. The Morgan fingerprint density at radius 3 is 2.89 bits per heavy atom. The lowest BCUT2D eigenvalue weighted by atomic mass is 10.1. The Bertz CT molecular complexity index is 468. The Hall–Kier alpha value is -1.67. The van der Waals surface area contributed by atoms with E-state index in [2.05, 4.69) is 6.07 Å². The maximum Gasteiger partial charge on any atom is 0.307 e. The minimum absolute atomic E-state index is 0.352. The molecule has 4 nitrogen and oxygen atoms in total. The molecule has 0 radical (unpaired) electrons. The van der Waals surface area contributed by atoms with E-state index in [-0.39, 0.29) is 5.92 Å². The molecule has 0 aliphatic rings. The lowest BCUT2D eigenvalue weighted by Crippen LogP contribution is -2.11. The van der Waals surface area contributed by atoms with E-state index in [1.165, 1.54) is 7.11 Å². The van der Waals surface area contributed by atoms with Gasteiger partial charge in [-0.2, -0.15) is 17.0 Å². The zero-order valence-electron chi connectivity index (χ0n) is 10.3. The fourth-order valence-electron chi connectivity index (χ4n) is 1.34. The number of methoxy groups -OCH3 is 1. The maximum atomic E-state index is 10.7. The number of carboxylic acid groups (broad SMARTS) is 1. The van der Waals surface area contributed by atoms with Crippen LogP contribution in [0.5, 0.6) is 5.75 Å². The Balaban J connectivity index is 2.59. The molecule has 18 heavy (non-hydrogen) atoms. The molecule has 0 heterocycles. The van der Waals surface area contributed by atoms with Crippen LogP contribution in [-0.2, 0) is 10.5 Å². The number of carbonyl (C=O) groups is 1. The molecule has 0 saturated carbocycles. The summed E-state index contributed by atoms with van der Waals surface area (Å²) in [5.74, 6) is 0.703. The molecule has 1 aromatic rings. The molecule has 0 spiro atoms. The Morgan fingerprint density at radius 2 is 2.33 bits per heavy atom. The zero-order chi connectivity index (χ0) is 13.5. The fraction of sp³-hybridized carbons (Fsp3) is 0.385. The summed E-state index contributed by atoms with van der Waals surface area (Å²) in [6.45, 7) is 1.69. The highest BCUT2D eigenvalue weighted by atomic mass is 32.2. The molecule has 96 valence electrons. The number of ether oxygens (including phenoxy) is 1. The van der Waals surface area contributed by atoms with Gasteiger partial charge in [-0.1, -0.05) is 13.0 Å². The summed E-state index contributed by atoms with van der Waals surface area (Å²) >= 11 is 1.56. The van der Waals surface area contributed by atoms with Gasteiger partial charge in [0.25, 0.3) is 0 Å². The summed E-state index contributed by atoms with van der Waals surface area (Å²) in [7, 11) is 1.53. The topological polar surface area (TPSA) is 70.3 Å². The van der Waals surface area contributed by atoms with Gasteiger partial charge < -0.3 is 9.84 Å². The molecule has 1 unspecified atom stereocenters. The summed E-state index contributed by atoms with van der Waals surface area (Å²) in [6.07, 6.45) is 0. The Kier molecular flexibility index (Phi) is 5.53. The molecule has 0 aliphatic heterocycles. The first-order valence-corrected chi connectivity index (χ1v) is 6.61. The third-order valence-electron chi connectivity index (χ3n) is 2.44. The van der Waals surface area contributed by atoms with Crippen molar-refractivity contribution in [3.63, 3.8) is 0 Å². The van der Waals surface area contributed by atoms with E-state index < -0.39 is 5.97 Å². The molecule has 5 heteroatoms. The number of hydrogen-bond donors (Lipinski definition) is 1. The van der Waals surface area contributed by atoms with Gasteiger partial charge in [0.05, 0.1) is 18.6 Å². The van der Waals surface area contributed by atoms with Crippen LogP contribution in [0.25, 0.3) is 0 Å². The van der Waals surface area contributed by atoms with E-state index in [1.54, 1.807) is 24.8 Å². The average molecular weight is 265 g/mol. The van der Waals surface area contributed by atoms with Crippen molar-refractivity contribution in [2.45, 2.75) is 12.7 Å². The molecule has 1 N–H and O–H groups in total. The van der Waals surface area contributed by atoms with Gasteiger partial charge in [-0.25, -0.2) is 0 Å². The molecular formula is C13H15NO3S. The van der Waals surface area contributed by atoms with Crippen molar-refractivity contribution in [2.75, 3.05) is 12.9 Å². The van der Waals surface area contributed by atoms with Crippen molar-refractivity contribution in [3.05, 3.63) is 29.3 Å². The van der Waals surface area contributed by atoms with E-state index in [0.717, 1.165) is 5.56 Å². The Morgan fingerprint density at radius 1 is 1.61 bits per heavy atom. The van der Waals surface area contributed by atoms with E-state index in [0.29, 0.717) is 22.8 Å². The van der Waals surface area contributed by atoms with Crippen LogP contribution < -0.4 is 4.74 Å². The number of nitriles is 1. The molecule has 1 atom stereocenters. The number of aliphatic carboxylic acids is 1. The van der Waals surface area contributed by atoms with Crippen molar-refractivity contribution in [2.24, 2.45) is 5.92 Å². The van der Waals surface area contributed by atoms with Crippen LogP contribution in [0.1, 0.15) is 18.1 Å². The van der Waals surface area contributed by atoms with Crippen LogP contribution in [0.2, 0.25) is 0 Å². The summed E-state index contributed by atoms with van der Waals surface area (Å²) in [4.78, 5) is 10.7. The van der Waals surface area contributed by atoms with Gasteiger partial charge in [-0.05, 0) is 17.7 Å². The summed E-state index contributed by atoms with van der Waals surface area (Å²) in [5, 5.41) is 17.6. The third kappa shape index (κ3) is 3.97. The smallest absolute Gasteiger partial charge is 0.307 e. The van der Waals surface area contributed by atoms with E-state index in [1.807, 2.05) is 12.1 Å². The second kappa shape index (κ2) is 6.92. The molecule has 0 amide bonds. The van der Waals surface area contributed by atoms with Gasteiger partial charge in [0, 0.05) is 11.5 Å². The quantitative estimate of drug-likeness (QED) is 0.855. The van der Waals surface area contributed by atoms with E-state index in [9.17, 15) is 4.79 Å². The second-order valence-corrected chi connectivity index (χ2v) is 4.93. The molecular weight excluding hydrogens is 250 g/mol. The molecule has 0 fully saturated rings. The van der Waals surface area contributed by atoms with Crippen molar-refractivity contribution < 1.29 is 14.6 Å².